The highest BCUT2D eigenvalue weighted by atomic mass is 17.0. The minimum absolute atomic E-state index is 0.0100. The highest BCUT2D eigenvalue weighted by molar-refractivity contribution is 5.99. The monoisotopic (exact) mass is 623 g/mol. The fraction of sp³-hybridized carbons (Fsp3) is 0.500. The standard InChI is InChI=1S/C16H17NO5.C16H15NO4.H2O2/c18-8-2-1-7-5-10-16(21)11(20)6-9(19)14-15(16,3-4-17-10)12(7)13(8)22-14;18-9-2-1-8-7-11-16(20)4-3-10(19)14-15(16,5-6-17-11)12(8)13(9)21-14;1-2/h1-2,10-11,14,17-18,20-21H,3-6H2;1-4,11,14,17-18,20H,5-7H2;1-2H/p+1/t10-,11?,14+,15+,16+;11-,14+,15+,16-;/m11./s1. The van der Waals surface area contributed by atoms with Gasteiger partial charge in [0, 0.05) is 29.6 Å². The zero-order valence-corrected chi connectivity index (χ0v) is 24.1. The van der Waals surface area contributed by atoms with Crippen molar-refractivity contribution in [3.8, 4) is 23.0 Å². The molecule has 1 unspecified atom stereocenters. The van der Waals surface area contributed by atoms with Gasteiger partial charge in [0.15, 0.2) is 46.8 Å². The molecule has 2 spiro atoms. The third-order valence-corrected chi connectivity index (χ3v) is 11.8. The number of hydrogen-bond acceptors (Lipinski definition) is 12. The number of carbonyl (C=O) groups excluding carboxylic acids is 2. The first-order valence-corrected chi connectivity index (χ1v) is 15.2. The van der Waals surface area contributed by atoms with E-state index in [4.69, 9.17) is 20.0 Å². The number of benzene rings is 2. The average molecular weight is 624 g/mol. The SMILES string of the molecule is O=C1C=C[C@@]2(O)[C@H]3Cc4ccc(O)c5c4[C@@]2(CCN3)[C@H]1O5.O=C1CC(O)[C@@]2(O)[C@H]3Cc4ccc(O)c5c4[C@@]2(CCN3)[C@H]1O5.O[OH2+]. The van der Waals surface area contributed by atoms with Crippen LogP contribution in [0.3, 0.4) is 0 Å². The molecule has 10 N–H and O–H groups in total. The Morgan fingerprint density at radius 1 is 0.778 bits per heavy atom. The second-order valence-corrected chi connectivity index (χ2v) is 13.3. The number of ether oxygens (including phenoxy) is 2. The quantitative estimate of drug-likeness (QED) is 0.0979. The van der Waals surface area contributed by atoms with Crippen molar-refractivity contribution < 1.29 is 55.1 Å². The summed E-state index contributed by atoms with van der Waals surface area (Å²) in [4.78, 5) is 24.8. The summed E-state index contributed by atoms with van der Waals surface area (Å²) in [7, 11) is 0. The van der Waals surface area contributed by atoms with E-state index in [0.717, 1.165) is 28.8 Å². The number of rotatable bonds is 0. The number of phenols is 2. The molecular weight excluding hydrogens is 588 g/mol. The molecule has 2 aromatic rings. The van der Waals surface area contributed by atoms with Crippen molar-refractivity contribution in [2.75, 3.05) is 13.1 Å². The Morgan fingerprint density at radius 3 is 2.00 bits per heavy atom. The molecule has 13 nitrogen and oxygen atoms in total. The fourth-order valence-corrected chi connectivity index (χ4v) is 10.1. The predicted molar refractivity (Wildman–Crippen MR) is 155 cm³/mol. The fourth-order valence-electron chi connectivity index (χ4n) is 10.1. The van der Waals surface area contributed by atoms with Crippen LogP contribution in [0.15, 0.2) is 36.4 Å². The number of nitrogens with one attached hydrogen (secondary N) is 2. The van der Waals surface area contributed by atoms with Crippen LogP contribution in [0, 0.1) is 0 Å². The smallest absolute Gasteiger partial charge is 0.196 e. The number of hydrogen-bond donors (Lipinski definition) is 8. The van der Waals surface area contributed by atoms with E-state index in [-0.39, 0.29) is 41.6 Å². The van der Waals surface area contributed by atoms with Crippen LogP contribution in [0.2, 0.25) is 0 Å². The Kier molecular flexibility index (Phi) is 5.94. The van der Waals surface area contributed by atoms with E-state index in [1.807, 2.05) is 12.1 Å². The first kappa shape index (κ1) is 28.9. The summed E-state index contributed by atoms with van der Waals surface area (Å²) >= 11 is 0. The second kappa shape index (κ2) is 9.26. The van der Waals surface area contributed by atoms with Crippen molar-refractivity contribution in [2.24, 2.45) is 0 Å². The molecule has 2 aromatic carbocycles. The number of phenolic OH excluding ortho intramolecular Hbond substituents is 2. The molecule has 4 aliphatic carbocycles. The Bertz CT molecular complexity index is 1700. The number of aromatic hydroxyl groups is 2. The second-order valence-electron chi connectivity index (χ2n) is 13.3. The largest absolute Gasteiger partial charge is 0.504 e. The van der Waals surface area contributed by atoms with E-state index < -0.39 is 40.3 Å². The highest BCUT2D eigenvalue weighted by Crippen LogP contribution is 2.64. The van der Waals surface area contributed by atoms with Gasteiger partial charge in [0.2, 0.25) is 0 Å². The number of aliphatic hydroxyl groups is 3. The normalized spacial score (nSPS) is 41.3. The van der Waals surface area contributed by atoms with E-state index in [0.29, 0.717) is 43.7 Å². The van der Waals surface area contributed by atoms with Crippen LogP contribution >= 0.6 is 0 Å². The lowest BCUT2D eigenvalue weighted by Gasteiger charge is -2.61. The Morgan fingerprint density at radius 2 is 1.33 bits per heavy atom. The molecule has 0 aromatic heterocycles. The van der Waals surface area contributed by atoms with Crippen LogP contribution in [0.25, 0.3) is 0 Å². The lowest BCUT2D eigenvalue weighted by Crippen LogP contribution is -2.80. The molecule has 4 bridgehead atoms. The van der Waals surface area contributed by atoms with Gasteiger partial charge in [-0.15, -0.1) is 5.26 Å². The Hall–Kier alpha value is -3.56. The summed E-state index contributed by atoms with van der Waals surface area (Å²) in [5, 5.41) is 71.3. The lowest BCUT2D eigenvalue weighted by molar-refractivity contribution is -0.206. The summed E-state index contributed by atoms with van der Waals surface area (Å²) in [6, 6.07) is 6.43. The topological polar surface area (TPSA) is 221 Å². The number of carbonyl (C=O) groups is 2. The number of aliphatic hydroxyl groups excluding tert-OH is 1. The third kappa shape index (κ3) is 3.12. The summed E-state index contributed by atoms with van der Waals surface area (Å²) in [5.74, 6) is 0.385. The van der Waals surface area contributed by atoms with Crippen molar-refractivity contribution in [1.82, 2.24) is 10.6 Å². The summed E-state index contributed by atoms with van der Waals surface area (Å²) in [5.41, 5.74) is -0.730. The summed E-state index contributed by atoms with van der Waals surface area (Å²) < 4.78 is 11.7. The highest BCUT2D eigenvalue weighted by Gasteiger charge is 2.75. The van der Waals surface area contributed by atoms with Crippen LogP contribution < -0.4 is 20.1 Å². The van der Waals surface area contributed by atoms with Gasteiger partial charge >= 0.3 is 0 Å². The van der Waals surface area contributed by atoms with Gasteiger partial charge in [-0.25, -0.2) is 0 Å². The van der Waals surface area contributed by atoms with Crippen LogP contribution in [-0.4, -0.2) is 102 Å². The van der Waals surface area contributed by atoms with Crippen molar-refractivity contribution in [2.45, 2.75) is 84.5 Å². The molecule has 4 aliphatic heterocycles. The third-order valence-electron chi connectivity index (χ3n) is 11.8. The molecule has 3 fully saturated rings. The molecule has 0 radical (unpaired) electrons. The molecule has 9 atom stereocenters. The van der Waals surface area contributed by atoms with E-state index >= 15 is 0 Å². The first-order chi connectivity index (χ1) is 21.6. The molecule has 2 saturated heterocycles. The van der Waals surface area contributed by atoms with Crippen LogP contribution in [0.1, 0.15) is 41.5 Å². The molecule has 10 rings (SSSR count). The molecule has 45 heavy (non-hydrogen) atoms. The first-order valence-electron chi connectivity index (χ1n) is 15.2. The molecule has 8 aliphatic rings. The number of ketones is 2. The van der Waals surface area contributed by atoms with E-state index in [2.05, 4.69) is 10.6 Å². The van der Waals surface area contributed by atoms with Crippen LogP contribution in [-0.2, 0) is 33.3 Å². The number of Topliss-reactive ketones (excluding diaryl/α,β-unsaturated/α-hetero) is 1. The van der Waals surface area contributed by atoms with Crippen molar-refractivity contribution in [1.29, 1.82) is 0 Å². The predicted octanol–water partition coefficient (Wildman–Crippen LogP) is -1.26. The molecule has 4 heterocycles. The maximum atomic E-state index is 12.5. The van der Waals surface area contributed by atoms with E-state index in [1.165, 1.54) is 6.08 Å². The molecule has 13 heteroatoms. The van der Waals surface area contributed by atoms with Gasteiger partial charge < -0.3 is 45.6 Å². The molecule has 238 valence electrons. The van der Waals surface area contributed by atoms with Gasteiger partial charge in [0.1, 0.15) is 11.2 Å². The van der Waals surface area contributed by atoms with Gasteiger partial charge in [0.25, 0.3) is 0 Å². The van der Waals surface area contributed by atoms with Gasteiger partial charge in [-0.2, -0.15) is 0 Å². The maximum Gasteiger partial charge on any atom is 0.196 e. The van der Waals surface area contributed by atoms with Gasteiger partial charge in [-0.3, -0.25) is 14.8 Å². The van der Waals surface area contributed by atoms with Crippen LogP contribution in [0.4, 0.5) is 0 Å². The minimum atomic E-state index is -1.45. The van der Waals surface area contributed by atoms with E-state index in [1.54, 1.807) is 18.2 Å². The van der Waals surface area contributed by atoms with Crippen LogP contribution in [0.5, 0.6) is 23.0 Å². The Labute approximate surface area is 256 Å². The molecular formula is C32H35N2O11+. The van der Waals surface area contributed by atoms with Crippen molar-refractivity contribution in [3.63, 3.8) is 0 Å². The zero-order chi connectivity index (χ0) is 31.7. The average Bonchev–Trinajstić information content (AvgIpc) is 3.56. The Balaban J connectivity index is 0.000000127. The van der Waals surface area contributed by atoms with Gasteiger partial charge in [0.05, 0.1) is 16.9 Å². The zero-order valence-electron chi connectivity index (χ0n) is 24.1. The van der Waals surface area contributed by atoms with Crippen molar-refractivity contribution >= 4 is 11.6 Å². The summed E-state index contributed by atoms with van der Waals surface area (Å²) in [6.07, 6.45) is 2.57. The molecule has 0 amide bonds. The van der Waals surface area contributed by atoms with Crippen molar-refractivity contribution in [3.05, 3.63) is 58.7 Å². The number of piperidine rings is 2. The van der Waals surface area contributed by atoms with E-state index in [9.17, 15) is 35.1 Å². The maximum absolute atomic E-state index is 12.5. The minimum Gasteiger partial charge on any atom is -0.504 e. The molecule has 1 saturated carbocycles. The lowest BCUT2D eigenvalue weighted by atomic mass is 9.48. The van der Waals surface area contributed by atoms with Gasteiger partial charge in [-0.05, 0) is 74.2 Å². The summed E-state index contributed by atoms with van der Waals surface area (Å²) in [6.45, 7) is 1.36. The van der Waals surface area contributed by atoms with Gasteiger partial charge in [-0.1, -0.05) is 12.1 Å².